The van der Waals surface area contributed by atoms with E-state index in [1.54, 1.807) is 26.0 Å². The van der Waals surface area contributed by atoms with Gasteiger partial charge in [-0.25, -0.2) is 21.6 Å². The zero-order chi connectivity index (χ0) is 16.6. The molecule has 1 aromatic carbocycles. The van der Waals surface area contributed by atoms with Crippen LogP contribution in [0.25, 0.3) is 0 Å². The molecule has 9 heteroatoms. The van der Waals surface area contributed by atoms with Gasteiger partial charge in [0.15, 0.2) is 9.84 Å². The van der Waals surface area contributed by atoms with Gasteiger partial charge in [0.25, 0.3) is 0 Å². The van der Waals surface area contributed by atoms with E-state index in [4.69, 9.17) is 4.74 Å². The topological polar surface area (TPSA) is 89.5 Å². The van der Waals surface area contributed by atoms with Gasteiger partial charge < -0.3 is 4.74 Å². The van der Waals surface area contributed by atoms with Crippen LogP contribution in [0.3, 0.4) is 0 Å². The minimum Gasteiger partial charge on any atom is -0.492 e. The molecule has 0 bridgehead atoms. The number of ether oxygens (including phenoxy) is 1. The summed E-state index contributed by atoms with van der Waals surface area (Å²) in [6.07, 6.45) is 0.256. The number of nitrogens with one attached hydrogen (secondary N) is 1. The van der Waals surface area contributed by atoms with E-state index in [0.717, 1.165) is 0 Å². The molecule has 1 aromatic rings. The second-order valence-electron chi connectivity index (χ2n) is 5.53. The summed E-state index contributed by atoms with van der Waals surface area (Å²) < 4.78 is 57.0. The van der Waals surface area contributed by atoms with Crippen LogP contribution >= 0.6 is 15.9 Å². The van der Waals surface area contributed by atoms with Gasteiger partial charge in [0.1, 0.15) is 10.6 Å². The van der Waals surface area contributed by atoms with Crippen molar-refractivity contribution in [3.8, 4) is 5.75 Å². The van der Waals surface area contributed by atoms with Crippen molar-refractivity contribution >= 4 is 35.8 Å². The third-order valence-electron chi connectivity index (χ3n) is 3.38. The monoisotopic (exact) mass is 411 g/mol. The summed E-state index contributed by atoms with van der Waals surface area (Å²) in [6.45, 7) is 3.69. The molecule has 0 radical (unpaired) electrons. The fourth-order valence-electron chi connectivity index (χ4n) is 2.44. The largest absolute Gasteiger partial charge is 0.492 e. The van der Waals surface area contributed by atoms with Gasteiger partial charge in [-0.3, -0.25) is 0 Å². The van der Waals surface area contributed by atoms with Crippen molar-refractivity contribution in [1.29, 1.82) is 0 Å². The maximum Gasteiger partial charge on any atom is 0.244 e. The third kappa shape index (κ3) is 4.01. The Morgan fingerprint density at radius 3 is 2.64 bits per heavy atom. The van der Waals surface area contributed by atoms with Crippen molar-refractivity contribution in [2.24, 2.45) is 0 Å². The Kier molecular flexibility index (Phi) is 4.91. The fourth-order valence-corrected chi connectivity index (χ4v) is 6.74. The summed E-state index contributed by atoms with van der Waals surface area (Å²) in [7, 11) is -7.10. The van der Waals surface area contributed by atoms with Crippen LogP contribution in [0, 0.1) is 0 Å². The highest BCUT2D eigenvalue weighted by molar-refractivity contribution is 9.10. The summed E-state index contributed by atoms with van der Waals surface area (Å²) in [5.74, 6) is 0.0303. The molecule has 6 nitrogen and oxygen atoms in total. The molecule has 22 heavy (non-hydrogen) atoms. The lowest BCUT2D eigenvalue weighted by Gasteiger charge is -2.24. The minimum atomic E-state index is -3.90. The van der Waals surface area contributed by atoms with Crippen LogP contribution < -0.4 is 9.46 Å². The standard InChI is InChI=1S/C13H18BrNO5S2/c1-3-20-11-5-4-10(14)8-12(11)22(18,19)15-13(2)6-7-21(16,17)9-13/h4-5,8,15H,3,6-7,9H2,1-2H3. The van der Waals surface area contributed by atoms with Crippen LogP contribution in [-0.2, 0) is 19.9 Å². The van der Waals surface area contributed by atoms with Crippen molar-refractivity contribution in [2.75, 3.05) is 18.1 Å². The van der Waals surface area contributed by atoms with Gasteiger partial charge in [0.2, 0.25) is 10.0 Å². The average Bonchev–Trinajstić information content (AvgIpc) is 2.64. The molecule has 0 aliphatic carbocycles. The maximum absolute atomic E-state index is 12.6. The highest BCUT2D eigenvalue weighted by Gasteiger charge is 2.42. The molecule has 1 N–H and O–H groups in total. The van der Waals surface area contributed by atoms with E-state index in [1.165, 1.54) is 6.07 Å². The van der Waals surface area contributed by atoms with Crippen molar-refractivity contribution in [1.82, 2.24) is 4.72 Å². The summed E-state index contributed by atoms with van der Waals surface area (Å²) in [4.78, 5) is -0.00533. The van der Waals surface area contributed by atoms with Gasteiger partial charge in [-0.1, -0.05) is 15.9 Å². The Bertz CT molecular complexity index is 776. The van der Waals surface area contributed by atoms with Crippen LogP contribution in [-0.4, -0.2) is 40.5 Å². The van der Waals surface area contributed by atoms with Crippen LogP contribution in [0.4, 0.5) is 0 Å². The number of hydrogen-bond donors (Lipinski definition) is 1. The Balaban J connectivity index is 2.37. The molecule has 0 spiro atoms. The Morgan fingerprint density at radius 2 is 2.09 bits per heavy atom. The van der Waals surface area contributed by atoms with E-state index >= 15 is 0 Å². The van der Waals surface area contributed by atoms with Gasteiger partial charge in [0, 0.05) is 10.0 Å². The van der Waals surface area contributed by atoms with Gasteiger partial charge in [-0.05, 0) is 38.5 Å². The molecule has 1 atom stereocenters. The van der Waals surface area contributed by atoms with E-state index in [0.29, 0.717) is 11.1 Å². The summed E-state index contributed by atoms with van der Waals surface area (Å²) in [5.41, 5.74) is -0.997. The smallest absolute Gasteiger partial charge is 0.244 e. The van der Waals surface area contributed by atoms with E-state index in [1.807, 2.05) is 0 Å². The SMILES string of the molecule is CCOc1ccc(Br)cc1S(=O)(=O)NC1(C)CCS(=O)(=O)C1. The van der Waals surface area contributed by atoms with Gasteiger partial charge in [0.05, 0.1) is 18.1 Å². The lowest BCUT2D eigenvalue weighted by molar-refractivity contribution is 0.330. The number of sulfonamides is 1. The van der Waals surface area contributed by atoms with Gasteiger partial charge >= 0.3 is 0 Å². The zero-order valence-corrected chi connectivity index (χ0v) is 15.5. The van der Waals surface area contributed by atoms with Crippen LogP contribution in [0.1, 0.15) is 20.3 Å². The first-order chi connectivity index (χ1) is 10.1. The zero-order valence-electron chi connectivity index (χ0n) is 12.3. The van der Waals surface area contributed by atoms with Crippen molar-refractivity contribution in [3.05, 3.63) is 22.7 Å². The minimum absolute atomic E-state index is 0.00533. The van der Waals surface area contributed by atoms with E-state index < -0.39 is 25.4 Å². The first kappa shape index (κ1) is 17.7. The van der Waals surface area contributed by atoms with Crippen molar-refractivity contribution in [2.45, 2.75) is 30.7 Å². The quantitative estimate of drug-likeness (QED) is 0.795. The highest BCUT2D eigenvalue weighted by atomic mass is 79.9. The number of halogens is 1. The third-order valence-corrected chi connectivity index (χ3v) is 7.44. The second-order valence-corrected chi connectivity index (χ2v) is 10.3. The maximum atomic E-state index is 12.6. The summed E-state index contributed by atoms with van der Waals surface area (Å²) >= 11 is 3.24. The normalized spacial score (nSPS) is 24.3. The summed E-state index contributed by atoms with van der Waals surface area (Å²) in [6, 6.07) is 4.70. The predicted molar refractivity (Wildman–Crippen MR) is 87.3 cm³/mol. The molecule has 1 fully saturated rings. The van der Waals surface area contributed by atoms with Crippen molar-refractivity contribution < 1.29 is 21.6 Å². The van der Waals surface area contributed by atoms with Crippen LogP contribution in [0.5, 0.6) is 5.75 Å². The molecule has 0 saturated carbocycles. The Hall–Kier alpha value is -0.640. The molecule has 0 amide bonds. The molecule has 0 aromatic heterocycles. The molecular formula is C13H18BrNO5S2. The lowest BCUT2D eigenvalue weighted by atomic mass is 10.0. The van der Waals surface area contributed by atoms with Crippen LogP contribution in [0.15, 0.2) is 27.6 Å². The molecule has 1 aliphatic rings. The van der Waals surface area contributed by atoms with E-state index in [2.05, 4.69) is 20.7 Å². The lowest BCUT2D eigenvalue weighted by Crippen LogP contribution is -2.46. The fraction of sp³-hybridized carbons (Fsp3) is 0.538. The molecular weight excluding hydrogens is 394 g/mol. The molecule has 1 saturated heterocycles. The molecule has 1 heterocycles. The molecule has 2 rings (SSSR count). The van der Waals surface area contributed by atoms with Crippen LogP contribution in [0.2, 0.25) is 0 Å². The summed E-state index contributed by atoms with van der Waals surface area (Å²) in [5, 5.41) is 0. The predicted octanol–water partition coefficient (Wildman–Crippen LogP) is 1.70. The second kappa shape index (κ2) is 6.10. The number of rotatable bonds is 5. The van der Waals surface area contributed by atoms with Gasteiger partial charge in [-0.15, -0.1) is 0 Å². The first-order valence-corrected chi connectivity index (χ1v) is 10.8. The Morgan fingerprint density at radius 1 is 1.41 bits per heavy atom. The van der Waals surface area contributed by atoms with Gasteiger partial charge in [-0.2, -0.15) is 0 Å². The molecule has 1 unspecified atom stereocenters. The number of benzene rings is 1. The first-order valence-electron chi connectivity index (χ1n) is 6.74. The average molecular weight is 412 g/mol. The number of hydrogen-bond acceptors (Lipinski definition) is 5. The Labute approximate surface area is 139 Å². The van der Waals surface area contributed by atoms with E-state index in [9.17, 15) is 16.8 Å². The molecule has 124 valence electrons. The highest BCUT2D eigenvalue weighted by Crippen LogP contribution is 2.31. The molecule has 1 aliphatic heterocycles. The van der Waals surface area contributed by atoms with E-state index in [-0.39, 0.29) is 28.6 Å². The van der Waals surface area contributed by atoms with Crippen molar-refractivity contribution in [3.63, 3.8) is 0 Å². The number of sulfone groups is 1.